The minimum absolute atomic E-state index is 0.0654. The highest BCUT2D eigenvalue weighted by atomic mass is 32.2. The molecule has 16 heavy (non-hydrogen) atoms. The van der Waals surface area contributed by atoms with E-state index in [1.807, 2.05) is 7.05 Å². The predicted octanol–water partition coefficient (Wildman–Crippen LogP) is 0.686. The minimum Gasteiger partial charge on any atom is -0.444 e. The molecular formula is C10H16N2O3S. The molecule has 1 aromatic heterocycles. The normalized spacial score (nSPS) is 24.4. The number of sulfone groups is 1. The van der Waals surface area contributed by atoms with Crippen molar-refractivity contribution in [2.45, 2.75) is 25.3 Å². The predicted molar refractivity (Wildman–Crippen MR) is 59.9 cm³/mol. The summed E-state index contributed by atoms with van der Waals surface area (Å²) in [6.07, 6.45) is 3.21. The molecule has 0 amide bonds. The second-order valence-electron chi connectivity index (χ2n) is 4.15. The van der Waals surface area contributed by atoms with Gasteiger partial charge in [-0.05, 0) is 19.9 Å². The fourth-order valence-corrected chi connectivity index (χ4v) is 3.68. The first kappa shape index (κ1) is 11.6. The SMILES string of the molecule is CNCc1cnc(C2CCCS(=O)(=O)C2)o1. The molecule has 0 bridgehead atoms. The average molecular weight is 244 g/mol. The summed E-state index contributed by atoms with van der Waals surface area (Å²) in [4.78, 5) is 4.15. The number of aromatic nitrogens is 1. The molecule has 1 N–H and O–H groups in total. The number of hydrogen-bond acceptors (Lipinski definition) is 5. The van der Waals surface area contributed by atoms with E-state index >= 15 is 0 Å². The Bertz CT molecular complexity index is 452. The summed E-state index contributed by atoms with van der Waals surface area (Å²) < 4.78 is 28.5. The monoisotopic (exact) mass is 244 g/mol. The summed E-state index contributed by atoms with van der Waals surface area (Å²) in [5.74, 6) is 1.72. The van der Waals surface area contributed by atoms with E-state index in [0.29, 0.717) is 24.6 Å². The number of rotatable bonds is 3. The van der Waals surface area contributed by atoms with Crippen molar-refractivity contribution in [3.05, 3.63) is 17.8 Å². The van der Waals surface area contributed by atoms with Gasteiger partial charge in [0.25, 0.3) is 0 Å². The fourth-order valence-electron chi connectivity index (χ4n) is 1.98. The van der Waals surface area contributed by atoms with Crippen molar-refractivity contribution in [2.75, 3.05) is 18.6 Å². The van der Waals surface area contributed by atoms with Crippen LogP contribution in [0.5, 0.6) is 0 Å². The van der Waals surface area contributed by atoms with Crippen molar-refractivity contribution < 1.29 is 12.8 Å². The number of nitrogens with zero attached hydrogens (tertiary/aromatic N) is 1. The van der Waals surface area contributed by atoms with Gasteiger partial charge in [-0.3, -0.25) is 0 Å². The lowest BCUT2D eigenvalue weighted by Crippen LogP contribution is -2.23. The molecule has 2 heterocycles. The van der Waals surface area contributed by atoms with Crippen LogP contribution in [0.25, 0.3) is 0 Å². The van der Waals surface area contributed by atoms with E-state index in [1.165, 1.54) is 0 Å². The highest BCUT2D eigenvalue weighted by molar-refractivity contribution is 7.91. The van der Waals surface area contributed by atoms with Crippen molar-refractivity contribution in [3.63, 3.8) is 0 Å². The van der Waals surface area contributed by atoms with Crippen LogP contribution in [0, 0.1) is 0 Å². The van der Waals surface area contributed by atoms with Crippen molar-refractivity contribution in [2.24, 2.45) is 0 Å². The summed E-state index contributed by atoms with van der Waals surface area (Å²) in [5, 5.41) is 2.96. The molecule has 1 fully saturated rings. The van der Waals surface area contributed by atoms with Crippen LogP contribution < -0.4 is 5.32 Å². The average Bonchev–Trinajstić information content (AvgIpc) is 2.65. The van der Waals surface area contributed by atoms with E-state index < -0.39 is 9.84 Å². The first-order valence-corrected chi connectivity index (χ1v) is 7.22. The van der Waals surface area contributed by atoms with Crippen LogP contribution in [-0.4, -0.2) is 32.0 Å². The lowest BCUT2D eigenvalue weighted by Gasteiger charge is -2.18. The third-order valence-electron chi connectivity index (χ3n) is 2.73. The van der Waals surface area contributed by atoms with E-state index in [1.54, 1.807) is 6.20 Å². The Morgan fingerprint density at radius 1 is 1.62 bits per heavy atom. The Balaban J connectivity index is 2.11. The first-order chi connectivity index (χ1) is 7.61. The summed E-state index contributed by atoms with van der Waals surface area (Å²) in [7, 11) is -1.07. The Morgan fingerprint density at radius 3 is 3.12 bits per heavy atom. The Labute approximate surface area is 95.2 Å². The van der Waals surface area contributed by atoms with E-state index in [0.717, 1.165) is 12.2 Å². The van der Waals surface area contributed by atoms with Crippen molar-refractivity contribution >= 4 is 9.84 Å². The quantitative estimate of drug-likeness (QED) is 0.846. The summed E-state index contributed by atoms with van der Waals surface area (Å²) >= 11 is 0. The standard InChI is InChI=1S/C10H16N2O3S/c1-11-5-9-6-12-10(15-9)8-3-2-4-16(13,14)7-8/h6,8,11H,2-5,7H2,1H3. The fraction of sp³-hybridized carbons (Fsp3) is 0.700. The van der Waals surface area contributed by atoms with Crippen LogP contribution in [0.4, 0.5) is 0 Å². The van der Waals surface area contributed by atoms with Crippen LogP contribution in [0.2, 0.25) is 0 Å². The molecule has 0 radical (unpaired) electrons. The van der Waals surface area contributed by atoms with Crippen LogP contribution in [0.1, 0.15) is 30.4 Å². The van der Waals surface area contributed by atoms with Gasteiger partial charge in [0.2, 0.25) is 0 Å². The second kappa shape index (κ2) is 4.55. The third-order valence-corrected chi connectivity index (χ3v) is 4.56. The summed E-state index contributed by atoms with van der Waals surface area (Å²) in [5.41, 5.74) is 0. The van der Waals surface area contributed by atoms with Gasteiger partial charge >= 0.3 is 0 Å². The van der Waals surface area contributed by atoms with Crippen molar-refractivity contribution in [3.8, 4) is 0 Å². The minimum atomic E-state index is -2.90. The zero-order chi connectivity index (χ0) is 11.6. The van der Waals surface area contributed by atoms with Gasteiger partial charge in [-0.15, -0.1) is 0 Å². The smallest absolute Gasteiger partial charge is 0.198 e. The number of nitrogens with one attached hydrogen (secondary N) is 1. The van der Waals surface area contributed by atoms with E-state index in [-0.39, 0.29) is 11.7 Å². The van der Waals surface area contributed by atoms with E-state index in [4.69, 9.17) is 4.42 Å². The maximum atomic E-state index is 11.5. The van der Waals surface area contributed by atoms with Gasteiger partial charge in [-0.1, -0.05) is 0 Å². The van der Waals surface area contributed by atoms with Crippen molar-refractivity contribution in [1.82, 2.24) is 10.3 Å². The first-order valence-electron chi connectivity index (χ1n) is 5.40. The molecule has 6 heteroatoms. The molecule has 5 nitrogen and oxygen atoms in total. The van der Waals surface area contributed by atoms with Crippen LogP contribution in [0.3, 0.4) is 0 Å². The molecule has 1 atom stereocenters. The Kier molecular flexibility index (Phi) is 3.30. The second-order valence-corrected chi connectivity index (χ2v) is 6.38. The van der Waals surface area contributed by atoms with Gasteiger partial charge in [-0.25, -0.2) is 13.4 Å². The molecule has 1 aliphatic rings. The number of hydrogen-bond donors (Lipinski definition) is 1. The van der Waals surface area contributed by atoms with Gasteiger partial charge < -0.3 is 9.73 Å². The van der Waals surface area contributed by atoms with Gasteiger partial charge in [-0.2, -0.15) is 0 Å². The van der Waals surface area contributed by atoms with Crippen molar-refractivity contribution in [1.29, 1.82) is 0 Å². The van der Waals surface area contributed by atoms with E-state index in [2.05, 4.69) is 10.3 Å². The molecule has 1 aliphatic heterocycles. The van der Waals surface area contributed by atoms with Crippen LogP contribution >= 0.6 is 0 Å². The molecule has 0 aromatic carbocycles. The largest absolute Gasteiger partial charge is 0.444 e. The molecular weight excluding hydrogens is 228 g/mol. The van der Waals surface area contributed by atoms with Gasteiger partial charge in [0, 0.05) is 5.92 Å². The third kappa shape index (κ3) is 2.62. The highest BCUT2D eigenvalue weighted by Gasteiger charge is 2.28. The molecule has 1 unspecified atom stereocenters. The molecule has 0 spiro atoms. The molecule has 90 valence electrons. The van der Waals surface area contributed by atoms with Gasteiger partial charge in [0.1, 0.15) is 5.76 Å². The maximum absolute atomic E-state index is 11.5. The molecule has 0 aliphatic carbocycles. The van der Waals surface area contributed by atoms with Crippen LogP contribution in [0.15, 0.2) is 10.6 Å². The Hall–Kier alpha value is -0.880. The van der Waals surface area contributed by atoms with Gasteiger partial charge in [0.05, 0.1) is 24.2 Å². The lowest BCUT2D eigenvalue weighted by molar-refractivity contribution is 0.404. The van der Waals surface area contributed by atoms with Gasteiger partial charge in [0.15, 0.2) is 15.7 Å². The number of oxazole rings is 1. The molecule has 1 aromatic rings. The zero-order valence-electron chi connectivity index (χ0n) is 9.27. The maximum Gasteiger partial charge on any atom is 0.198 e. The zero-order valence-corrected chi connectivity index (χ0v) is 10.1. The summed E-state index contributed by atoms with van der Waals surface area (Å²) in [6, 6.07) is 0. The Morgan fingerprint density at radius 2 is 2.44 bits per heavy atom. The molecule has 1 saturated heterocycles. The van der Waals surface area contributed by atoms with E-state index in [9.17, 15) is 8.42 Å². The molecule has 0 saturated carbocycles. The van der Waals surface area contributed by atoms with Crippen LogP contribution in [-0.2, 0) is 16.4 Å². The summed E-state index contributed by atoms with van der Waals surface area (Å²) in [6.45, 7) is 0.618. The topological polar surface area (TPSA) is 72.2 Å². The highest BCUT2D eigenvalue weighted by Crippen LogP contribution is 2.27. The molecule has 2 rings (SSSR count). The lowest BCUT2D eigenvalue weighted by atomic mass is 10.1.